The molecule has 1 aliphatic carbocycles. The summed E-state index contributed by atoms with van der Waals surface area (Å²) in [7, 11) is 1.93. The van der Waals surface area contributed by atoms with Crippen LogP contribution in [0.5, 0.6) is 0 Å². The molecule has 1 unspecified atom stereocenters. The van der Waals surface area contributed by atoms with Gasteiger partial charge >= 0.3 is 0 Å². The molecule has 4 nitrogen and oxygen atoms in total. The van der Waals surface area contributed by atoms with Gasteiger partial charge in [0.2, 0.25) is 0 Å². The second-order valence-electron chi connectivity index (χ2n) is 6.39. The van der Waals surface area contributed by atoms with Gasteiger partial charge in [-0.15, -0.1) is 0 Å². The molecule has 2 heterocycles. The smallest absolute Gasteiger partial charge is 0.0821 e. The molecule has 1 N–H and O–H groups in total. The number of nitrogens with zero attached hydrogens (tertiary/aromatic N) is 3. The molecule has 4 heteroatoms. The molecule has 1 aliphatic rings. The van der Waals surface area contributed by atoms with Crippen LogP contribution < -0.4 is 0 Å². The van der Waals surface area contributed by atoms with Crippen LogP contribution in [0.4, 0.5) is 0 Å². The van der Waals surface area contributed by atoms with E-state index in [-0.39, 0.29) is 11.5 Å². The lowest BCUT2D eigenvalue weighted by Gasteiger charge is -2.33. The SMILES string of the molecule is Cn1ccc(Cn2ccc3c2CC(C)(C)CC3O)n1. The summed E-state index contributed by atoms with van der Waals surface area (Å²) in [5, 5.41) is 14.7. The third-order valence-corrected chi connectivity index (χ3v) is 3.97. The monoisotopic (exact) mass is 259 g/mol. The van der Waals surface area contributed by atoms with Crippen LogP contribution in [0.15, 0.2) is 24.5 Å². The van der Waals surface area contributed by atoms with E-state index in [2.05, 4.69) is 35.8 Å². The second-order valence-corrected chi connectivity index (χ2v) is 6.39. The van der Waals surface area contributed by atoms with Crippen molar-refractivity contribution in [2.24, 2.45) is 12.5 Å². The maximum atomic E-state index is 10.2. The third kappa shape index (κ3) is 2.32. The topological polar surface area (TPSA) is 43.0 Å². The molecular weight excluding hydrogens is 238 g/mol. The minimum absolute atomic E-state index is 0.159. The van der Waals surface area contributed by atoms with Crippen molar-refractivity contribution in [3.8, 4) is 0 Å². The Morgan fingerprint density at radius 2 is 2.16 bits per heavy atom. The molecule has 0 fully saturated rings. The fraction of sp³-hybridized carbons (Fsp3) is 0.533. The van der Waals surface area contributed by atoms with E-state index >= 15 is 0 Å². The van der Waals surface area contributed by atoms with E-state index in [0.29, 0.717) is 0 Å². The van der Waals surface area contributed by atoms with Crippen LogP contribution >= 0.6 is 0 Å². The molecule has 3 rings (SSSR count). The van der Waals surface area contributed by atoms with Crippen LogP contribution in [0.2, 0.25) is 0 Å². The summed E-state index contributed by atoms with van der Waals surface area (Å²) >= 11 is 0. The van der Waals surface area contributed by atoms with E-state index in [4.69, 9.17) is 0 Å². The number of hydrogen-bond donors (Lipinski definition) is 1. The van der Waals surface area contributed by atoms with Crippen molar-refractivity contribution in [2.45, 2.75) is 39.3 Å². The molecule has 19 heavy (non-hydrogen) atoms. The van der Waals surface area contributed by atoms with Crippen molar-refractivity contribution in [1.82, 2.24) is 14.3 Å². The van der Waals surface area contributed by atoms with Crippen molar-refractivity contribution in [3.63, 3.8) is 0 Å². The van der Waals surface area contributed by atoms with E-state index in [1.807, 2.05) is 24.0 Å². The zero-order valence-corrected chi connectivity index (χ0v) is 11.8. The first-order valence-electron chi connectivity index (χ1n) is 6.79. The van der Waals surface area contributed by atoms with Gasteiger partial charge < -0.3 is 9.67 Å². The first kappa shape index (κ1) is 12.5. The average molecular weight is 259 g/mol. The van der Waals surface area contributed by atoms with Crippen molar-refractivity contribution >= 4 is 0 Å². The first-order chi connectivity index (χ1) is 8.94. The molecule has 0 saturated heterocycles. The van der Waals surface area contributed by atoms with Crippen molar-refractivity contribution < 1.29 is 5.11 Å². The third-order valence-electron chi connectivity index (χ3n) is 3.97. The van der Waals surface area contributed by atoms with Gasteiger partial charge in [-0.3, -0.25) is 4.68 Å². The van der Waals surface area contributed by atoms with Crippen molar-refractivity contribution in [2.75, 3.05) is 0 Å². The van der Waals surface area contributed by atoms with Gasteiger partial charge in [-0.05, 0) is 30.4 Å². The maximum Gasteiger partial charge on any atom is 0.0821 e. The lowest BCUT2D eigenvalue weighted by molar-refractivity contribution is 0.0981. The fourth-order valence-electron chi connectivity index (χ4n) is 3.06. The van der Waals surface area contributed by atoms with Crippen molar-refractivity contribution in [1.29, 1.82) is 0 Å². The molecule has 102 valence electrons. The maximum absolute atomic E-state index is 10.2. The number of aliphatic hydroxyl groups excluding tert-OH is 1. The highest BCUT2D eigenvalue weighted by Crippen LogP contribution is 2.41. The molecule has 2 aromatic heterocycles. The lowest BCUT2D eigenvalue weighted by atomic mass is 9.75. The molecule has 1 atom stereocenters. The van der Waals surface area contributed by atoms with Gasteiger partial charge in [-0.2, -0.15) is 5.10 Å². The van der Waals surface area contributed by atoms with Gasteiger partial charge in [0.25, 0.3) is 0 Å². The molecule has 2 aromatic rings. The lowest BCUT2D eigenvalue weighted by Crippen LogP contribution is -2.26. The molecule has 0 aromatic carbocycles. The molecule has 0 aliphatic heterocycles. The normalized spacial score (nSPS) is 21.4. The summed E-state index contributed by atoms with van der Waals surface area (Å²) < 4.78 is 4.05. The van der Waals surface area contributed by atoms with Crippen LogP contribution in [0.1, 0.15) is 43.3 Å². The predicted octanol–water partition coefficient (Wildman–Crippen LogP) is 2.28. The summed E-state index contributed by atoms with van der Waals surface area (Å²) in [5.74, 6) is 0. The number of aromatic nitrogens is 3. The van der Waals surface area contributed by atoms with Gasteiger partial charge in [0, 0.05) is 30.7 Å². The Morgan fingerprint density at radius 1 is 1.37 bits per heavy atom. The van der Waals surface area contributed by atoms with Gasteiger partial charge in [-0.25, -0.2) is 0 Å². The Bertz CT molecular complexity index is 594. The molecule has 0 amide bonds. The summed E-state index contributed by atoms with van der Waals surface area (Å²) in [4.78, 5) is 0. The Morgan fingerprint density at radius 3 is 2.84 bits per heavy atom. The van der Waals surface area contributed by atoms with Crippen LogP contribution in [0.3, 0.4) is 0 Å². The van der Waals surface area contributed by atoms with Crippen LogP contribution in [-0.4, -0.2) is 19.5 Å². The van der Waals surface area contributed by atoms with Gasteiger partial charge in [0.1, 0.15) is 0 Å². The van der Waals surface area contributed by atoms with E-state index < -0.39 is 0 Å². The van der Waals surface area contributed by atoms with Gasteiger partial charge in [0.05, 0.1) is 18.3 Å². The number of aryl methyl sites for hydroxylation is 1. The number of fused-ring (bicyclic) bond motifs is 1. The Kier molecular flexibility index (Phi) is 2.78. The Hall–Kier alpha value is -1.55. The first-order valence-corrected chi connectivity index (χ1v) is 6.79. The summed E-state index contributed by atoms with van der Waals surface area (Å²) in [5.41, 5.74) is 3.57. The summed E-state index contributed by atoms with van der Waals surface area (Å²) in [6, 6.07) is 4.09. The van der Waals surface area contributed by atoms with Gasteiger partial charge in [0.15, 0.2) is 0 Å². The molecule has 0 spiro atoms. The Balaban J connectivity index is 1.92. The van der Waals surface area contributed by atoms with E-state index in [1.165, 1.54) is 5.69 Å². The zero-order valence-electron chi connectivity index (χ0n) is 11.8. The minimum Gasteiger partial charge on any atom is -0.388 e. The van der Waals surface area contributed by atoms with Crippen molar-refractivity contribution in [3.05, 3.63) is 41.5 Å². The molecule has 0 radical (unpaired) electrons. The summed E-state index contributed by atoms with van der Waals surface area (Å²) in [6.45, 7) is 5.22. The Labute approximate surface area is 113 Å². The van der Waals surface area contributed by atoms with Crippen LogP contribution in [0, 0.1) is 5.41 Å². The second kappa shape index (κ2) is 4.23. The highest BCUT2D eigenvalue weighted by Gasteiger charge is 2.33. The minimum atomic E-state index is -0.330. The fourth-order valence-corrected chi connectivity index (χ4v) is 3.06. The highest BCUT2D eigenvalue weighted by atomic mass is 16.3. The predicted molar refractivity (Wildman–Crippen MR) is 73.8 cm³/mol. The van der Waals surface area contributed by atoms with Crippen LogP contribution in [0.25, 0.3) is 0 Å². The number of aliphatic hydroxyl groups is 1. The molecular formula is C15H21N3O. The van der Waals surface area contributed by atoms with Gasteiger partial charge in [-0.1, -0.05) is 13.8 Å². The summed E-state index contributed by atoms with van der Waals surface area (Å²) in [6.07, 6.45) is 5.56. The van der Waals surface area contributed by atoms with E-state index in [9.17, 15) is 5.11 Å². The molecule has 0 saturated carbocycles. The number of rotatable bonds is 2. The van der Waals surface area contributed by atoms with E-state index in [0.717, 1.165) is 30.6 Å². The number of hydrogen-bond acceptors (Lipinski definition) is 2. The van der Waals surface area contributed by atoms with E-state index in [1.54, 1.807) is 0 Å². The van der Waals surface area contributed by atoms with Crippen LogP contribution in [-0.2, 0) is 20.0 Å². The zero-order chi connectivity index (χ0) is 13.6. The molecule has 0 bridgehead atoms. The largest absolute Gasteiger partial charge is 0.388 e. The standard InChI is InChI=1S/C15H21N3O/c1-15(2)8-13-12(14(19)9-15)5-7-18(13)10-11-4-6-17(3)16-11/h4-7,14,19H,8-10H2,1-3H3. The average Bonchev–Trinajstić information content (AvgIpc) is 2.86. The quantitative estimate of drug-likeness (QED) is 0.899. The highest BCUT2D eigenvalue weighted by molar-refractivity contribution is 5.29.